The molecule has 0 bridgehead atoms. The summed E-state index contributed by atoms with van der Waals surface area (Å²) in [4.78, 5) is 0. The lowest BCUT2D eigenvalue weighted by atomic mass is 10.2. The maximum absolute atomic E-state index is 9.41. The molecule has 0 amide bonds. The standard InChI is InChI=1S/C13H16N2O/c1-10(16)9-13-3-2-8-15(13)12-6-4-11(14)5-7-12/h2-8,10,16H,9,14H2,1H3. The van der Waals surface area contributed by atoms with Gasteiger partial charge in [-0.05, 0) is 43.3 Å². The molecule has 1 aromatic heterocycles. The molecule has 0 saturated carbocycles. The van der Waals surface area contributed by atoms with Crippen LogP contribution in [0.1, 0.15) is 12.6 Å². The zero-order valence-corrected chi connectivity index (χ0v) is 9.30. The number of hydrogen-bond donors (Lipinski definition) is 2. The van der Waals surface area contributed by atoms with Crippen LogP contribution in [-0.2, 0) is 6.42 Å². The first-order valence-electron chi connectivity index (χ1n) is 5.37. The first-order valence-corrected chi connectivity index (χ1v) is 5.37. The van der Waals surface area contributed by atoms with Crippen molar-refractivity contribution in [1.29, 1.82) is 0 Å². The Labute approximate surface area is 95.1 Å². The van der Waals surface area contributed by atoms with Gasteiger partial charge in [-0.25, -0.2) is 0 Å². The number of nitrogen functional groups attached to an aromatic ring is 1. The first kappa shape index (κ1) is 10.8. The Morgan fingerprint density at radius 3 is 2.56 bits per heavy atom. The fourth-order valence-corrected chi connectivity index (χ4v) is 1.77. The summed E-state index contributed by atoms with van der Waals surface area (Å²) in [5.41, 5.74) is 8.57. The molecule has 0 saturated heterocycles. The van der Waals surface area contributed by atoms with Crippen LogP contribution in [0.4, 0.5) is 5.69 Å². The fraction of sp³-hybridized carbons (Fsp3) is 0.231. The van der Waals surface area contributed by atoms with Crippen molar-refractivity contribution in [2.45, 2.75) is 19.4 Å². The molecule has 1 unspecified atom stereocenters. The molecule has 3 heteroatoms. The Morgan fingerprint density at radius 1 is 1.25 bits per heavy atom. The second kappa shape index (κ2) is 4.41. The lowest BCUT2D eigenvalue weighted by Gasteiger charge is -2.10. The summed E-state index contributed by atoms with van der Waals surface area (Å²) in [6.07, 6.45) is 2.31. The Bertz CT molecular complexity index is 457. The Balaban J connectivity index is 2.33. The van der Waals surface area contributed by atoms with Crippen molar-refractivity contribution in [2.24, 2.45) is 0 Å². The van der Waals surface area contributed by atoms with Gasteiger partial charge in [-0.3, -0.25) is 0 Å². The van der Waals surface area contributed by atoms with Crippen LogP contribution in [0.15, 0.2) is 42.6 Å². The van der Waals surface area contributed by atoms with E-state index in [9.17, 15) is 5.11 Å². The van der Waals surface area contributed by atoms with Gasteiger partial charge in [0, 0.05) is 29.7 Å². The molecule has 16 heavy (non-hydrogen) atoms. The number of aliphatic hydroxyl groups is 1. The van der Waals surface area contributed by atoms with E-state index in [2.05, 4.69) is 4.57 Å². The SMILES string of the molecule is CC(O)Cc1cccn1-c1ccc(N)cc1. The van der Waals surface area contributed by atoms with Gasteiger partial charge in [0.2, 0.25) is 0 Å². The van der Waals surface area contributed by atoms with Crippen LogP contribution in [0.25, 0.3) is 5.69 Å². The summed E-state index contributed by atoms with van der Waals surface area (Å²) in [6, 6.07) is 11.7. The molecule has 0 aliphatic rings. The van der Waals surface area contributed by atoms with Crippen LogP contribution < -0.4 is 5.73 Å². The minimum Gasteiger partial charge on any atom is -0.399 e. The molecular formula is C13H16N2O. The zero-order valence-electron chi connectivity index (χ0n) is 9.30. The highest BCUT2D eigenvalue weighted by molar-refractivity contribution is 5.46. The van der Waals surface area contributed by atoms with E-state index in [1.54, 1.807) is 6.92 Å². The van der Waals surface area contributed by atoms with E-state index in [-0.39, 0.29) is 6.10 Å². The van der Waals surface area contributed by atoms with Crippen LogP contribution in [-0.4, -0.2) is 15.8 Å². The summed E-state index contributed by atoms with van der Waals surface area (Å²) in [6.45, 7) is 1.79. The molecule has 0 fully saturated rings. The summed E-state index contributed by atoms with van der Waals surface area (Å²) >= 11 is 0. The lowest BCUT2D eigenvalue weighted by molar-refractivity contribution is 0.193. The van der Waals surface area contributed by atoms with Crippen molar-refractivity contribution in [3.63, 3.8) is 0 Å². The first-order chi connectivity index (χ1) is 7.66. The zero-order chi connectivity index (χ0) is 11.5. The van der Waals surface area contributed by atoms with Gasteiger partial charge in [0.05, 0.1) is 6.10 Å². The average molecular weight is 216 g/mol. The van der Waals surface area contributed by atoms with Gasteiger partial charge in [0.15, 0.2) is 0 Å². The number of aromatic nitrogens is 1. The van der Waals surface area contributed by atoms with Gasteiger partial charge in [-0.1, -0.05) is 0 Å². The topological polar surface area (TPSA) is 51.2 Å². The molecule has 0 aliphatic heterocycles. The minimum absolute atomic E-state index is 0.331. The summed E-state index contributed by atoms with van der Waals surface area (Å²) < 4.78 is 2.06. The van der Waals surface area contributed by atoms with Crippen molar-refractivity contribution in [2.75, 3.05) is 5.73 Å². The van der Waals surface area contributed by atoms with E-state index in [0.29, 0.717) is 6.42 Å². The molecule has 3 N–H and O–H groups in total. The van der Waals surface area contributed by atoms with Crippen molar-refractivity contribution >= 4 is 5.69 Å². The van der Waals surface area contributed by atoms with Crippen LogP contribution >= 0.6 is 0 Å². The van der Waals surface area contributed by atoms with Gasteiger partial charge in [-0.15, -0.1) is 0 Å². The monoisotopic (exact) mass is 216 g/mol. The largest absolute Gasteiger partial charge is 0.399 e. The fourth-order valence-electron chi connectivity index (χ4n) is 1.77. The van der Waals surface area contributed by atoms with Crippen molar-refractivity contribution in [1.82, 2.24) is 4.57 Å². The van der Waals surface area contributed by atoms with Gasteiger partial charge < -0.3 is 15.4 Å². The predicted octanol–water partition coefficient (Wildman–Crippen LogP) is 1.98. The normalized spacial score (nSPS) is 12.6. The number of rotatable bonds is 3. The van der Waals surface area contributed by atoms with Gasteiger partial charge in [0.25, 0.3) is 0 Å². The van der Waals surface area contributed by atoms with Crippen LogP contribution in [0.2, 0.25) is 0 Å². The lowest BCUT2D eigenvalue weighted by Crippen LogP contribution is -2.08. The molecule has 0 spiro atoms. The highest BCUT2D eigenvalue weighted by Gasteiger charge is 2.05. The highest BCUT2D eigenvalue weighted by atomic mass is 16.3. The Morgan fingerprint density at radius 2 is 1.94 bits per heavy atom. The van der Waals surface area contributed by atoms with Crippen LogP contribution in [0, 0.1) is 0 Å². The molecule has 2 aromatic rings. The molecule has 0 aliphatic carbocycles. The van der Waals surface area contributed by atoms with Crippen molar-refractivity contribution in [3.8, 4) is 5.69 Å². The van der Waals surface area contributed by atoms with Crippen molar-refractivity contribution < 1.29 is 5.11 Å². The quantitative estimate of drug-likeness (QED) is 0.771. The number of aliphatic hydroxyl groups excluding tert-OH is 1. The van der Waals surface area contributed by atoms with E-state index < -0.39 is 0 Å². The maximum atomic E-state index is 9.41. The summed E-state index contributed by atoms with van der Waals surface area (Å²) in [5, 5.41) is 9.41. The molecule has 1 atom stereocenters. The molecule has 84 valence electrons. The van der Waals surface area contributed by atoms with Crippen molar-refractivity contribution in [3.05, 3.63) is 48.3 Å². The molecule has 1 aromatic carbocycles. The van der Waals surface area contributed by atoms with Crippen LogP contribution in [0.5, 0.6) is 0 Å². The third-order valence-corrected chi connectivity index (χ3v) is 2.51. The molecule has 1 heterocycles. The summed E-state index contributed by atoms with van der Waals surface area (Å²) in [7, 11) is 0. The average Bonchev–Trinajstić information content (AvgIpc) is 2.66. The number of anilines is 1. The molecule has 3 nitrogen and oxygen atoms in total. The number of benzene rings is 1. The Hall–Kier alpha value is -1.74. The molecular weight excluding hydrogens is 200 g/mol. The number of hydrogen-bond acceptors (Lipinski definition) is 2. The van der Waals surface area contributed by atoms with Gasteiger partial charge in [-0.2, -0.15) is 0 Å². The number of nitrogens with two attached hydrogens (primary N) is 1. The smallest absolute Gasteiger partial charge is 0.0566 e. The van der Waals surface area contributed by atoms with E-state index in [1.807, 2.05) is 42.6 Å². The highest BCUT2D eigenvalue weighted by Crippen LogP contribution is 2.15. The maximum Gasteiger partial charge on any atom is 0.0566 e. The van der Waals surface area contributed by atoms with E-state index >= 15 is 0 Å². The predicted molar refractivity (Wildman–Crippen MR) is 65.6 cm³/mol. The van der Waals surface area contributed by atoms with E-state index in [4.69, 9.17) is 5.73 Å². The Kier molecular flexibility index (Phi) is 2.97. The second-order valence-electron chi connectivity index (χ2n) is 4.01. The number of nitrogens with zero attached hydrogens (tertiary/aromatic N) is 1. The minimum atomic E-state index is -0.331. The molecule has 0 radical (unpaired) electrons. The molecule has 2 rings (SSSR count). The second-order valence-corrected chi connectivity index (χ2v) is 4.01. The third-order valence-electron chi connectivity index (χ3n) is 2.51. The van der Waals surface area contributed by atoms with Gasteiger partial charge in [0.1, 0.15) is 0 Å². The van der Waals surface area contributed by atoms with Crippen LogP contribution in [0.3, 0.4) is 0 Å². The van der Waals surface area contributed by atoms with E-state index in [0.717, 1.165) is 17.1 Å². The van der Waals surface area contributed by atoms with Gasteiger partial charge >= 0.3 is 0 Å². The third kappa shape index (κ3) is 2.25. The van der Waals surface area contributed by atoms with E-state index in [1.165, 1.54) is 0 Å². The summed E-state index contributed by atoms with van der Waals surface area (Å²) in [5.74, 6) is 0.